The number of hydrogen-bond acceptors (Lipinski definition) is 3. The third kappa shape index (κ3) is 4.12. The van der Waals surface area contributed by atoms with Crippen LogP contribution in [0.25, 0.3) is 10.9 Å². The average Bonchev–Trinajstić information content (AvgIpc) is 2.59. The Balaban J connectivity index is 1.83. The highest BCUT2D eigenvalue weighted by Crippen LogP contribution is 2.28. The van der Waals surface area contributed by atoms with Crippen molar-refractivity contribution in [3.63, 3.8) is 0 Å². The molecule has 0 unspecified atom stereocenters. The topological polar surface area (TPSA) is 64.0 Å². The van der Waals surface area contributed by atoms with Gasteiger partial charge >= 0.3 is 0 Å². The maximum absolute atomic E-state index is 13.4. The van der Waals surface area contributed by atoms with Crippen molar-refractivity contribution >= 4 is 40.0 Å². The minimum Gasteiger partial charge on any atom is -0.346 e. The van der Waals surface area contributed by atoms with Crippen molar-refractivity contribution in [1.82, 2.24) is 14.9 Å². The molecule has 0 aliphatic carbocycles. The predicted molar refractivity (Wildman–Crippen MR) is 104 cm³/mol. The Morgan fingerprint density at radius 3 is 2.63 bits per heavy atom. The molecule has 0 spiro atoms. The van der Waals surface area contributed by atoms with E-state index >= 15 is 0 Å². The van der Waals surface area contributed by atoms with Gasteiger partial charge in [-0.25, -0.2) is 9.37 Å². The lowest BCUT2D eigenvalue weighted by atomic mass is 9.94. The van der Waals surface area contributed by atoms with E-state index in [9.17, 15) is 14.0 Å². The number of aromatic nitrogens is 2. The molecule has 0 bridgehead atoms. The molecule has 1 aromatic heterocycles. The summed E-state index contributed by atoms with van der Waals surface area (Å²) >= 11 is 12.0. The fourth-order valence-electron chi connectivity index (χ4n) is 2.74. The van der Waals surface area contributed by atoms with Gasteiger partial charge in [0, 0.05) is 0 Å². The minimum atomic E-state index is -0.745. The van der Waals surface area contributed by atoms with Gasteiger partial charge < -0.3 is 5.32 Å². The second-order valence-electron chi connectivity index (χ2n) is 6.64. The van der Waals surface area contributed by atoms with Crippen LogP contribution in [0.5, 0.6) is 0 Å². The lowest BCUT2D eigenvalue weighted by Gasteiger charge is -2.27. The Bertz CT molecular complexity index is 1100. The number of nitrogens with zero attached hydrogens (tertiary/aromatic N) is 2. The van der Waals surface area contributed by atoms with Gasteiger partial charge in [0.05, 0.1) is 32.8 Å². The molecule has 27 heavy (non-hydrogen) atoms. The molecule has 8 heteroatoms. The highest BCUT2D eigenvalue weighted by Gasteiger charge is 2.24. The second kappa shape index (κ2) is 7.29. The molecule has 1 heterocycles. The molecule has 140 valence electrons. The fourth-order valence-corrected chi connectivity index (χ4v) is 3.04. The van der Waals surface area contributed by atoms with Gasteiger partial charge in [0.15, 0.2) is 0 Å². The van der Waals surface area contributed by atoms with Crippen molar-refractivity contribution in [2.75, 3.05) is 0 Å². The highest BCUT2D eigenvalue weighted by atomic mass is 35.5. The number of rotatable bonds is 4. The highest BCUT2D eigenvalue weighted by molar-refractivity contribution is 6.42. The van der Waals surface area contributed by atoms with E-state index in [1.54, 1.807) is 32.0 Å². The molecule has 0 atom stereocenters. The lowest BCUT2D eigenvalue weighted by molar-refractivity contribution is -0.123. The molecule has 1 N–H and O–H groups in total. The van der Waals surface area contributed by atoms with Crippen molar-refractivity contribution < 1.29 is 9.18 Å². The summed E-state index contributed by atoms with van der Waals surface area (Å²) < 4.78 is 14.5. The molecule has 0 fully saturated rings. The third-order valence-corrected chi connectivity index (χ3v) is 4.93. The van der Waals surface area contributed by atoms with Gasteiger partial charge in [-0.1, -0.05) is 29.3 Å². The van der Waals surface area contributed by atoms with E-state index in [-0.39, 0.29) is 11.9 Å². The first-order valence-corrected chi connectivity index (χ1v) is 8.84. The number of amides is 1. The molecule has 0 radical (unpaired) electrons. The lowest BCUT2D eigenvalue weighted by Crippen LogP contribution is -2.43. The van der Waals surface area contributed by atoms with Crippen LogP contribution in [-0.4, -0.2) is 15.5 Å². The van der Waals surface area contributed by atoms with Crippen molar-refractivity contribution in [3.8, 4) is 0 Å². The second-order valence-corrected chi connectivity index (χ2v) is 7.46. The average molecular weight is 408 g/mol. The van der Waals surface area contributed by atoms with Crippen LogP contribution in [0.1, 0.15) is 19.4 Å². The normalized spacial score (nSPS) is 11.6. The zero-order valence-electron chi connectivity index (χ0n) is 14.6. The molecule has 0 aliphatic heterocycles. The summed E-state index contributed by atoms with van der Waals surface area (Å²) in [5.74, 6) is -0.935. The summed E-state index contributed by atoms with van der Waals surface area (Å²) in [5, 5.41) is 3.77. The van der Waals surface area contributed by atoms with Crippen LogP contribution in [0.15, 0.2) is 47.5 Å². The number of nitrogens with one attached hydrogen (secondary N) is 1. The Hall–Kier alpha value is -2.44. The van der Waals surface area contributed by atoms with Crippen molar-refractivity contribution in [1.29, 1.82) is 0 Å². The molecule has 0 saturated carbocycles. The first-order chi connectivity index (χ1) is 12.7. The summed E-state index contributed by atoms with van der Waals surface area (Å²) in [4.78, 5) is 29.1. The number of hydrogen-bond donors (Lipinski definition) is 1. The van der Waals surface area contributed by atoms with E-state index in [0.29, 0.717) is 15.6 Å². The standard InChI is InChI=1S/C19H16Cl2FN3O2/c1-19(2,11-3-5-14(20)15(21)7-11)24-17(26)9-25-10-23-16-6-4-12(22)8-13(16)18(25)27/h3-8,10H,9H2,1-2H3,(H,24,26). The number of fused-ring (bicyclic) bond motifs is 1. The van der Waals surface area contributed by atoms with E-state index in [2.05, 4.69) is 10.3 Å². The van der Waals surface area contributed by atoms with Crippen LogP contribution in [-0.2, 0) is 16.9 Å². The molecule has 0 aliphatic rings. The number of halogens is 3. The Labute approximate surface area is 164 Å². The maximum atomic E-state index is 13.4. The minimum absolute atomic E-state index is 0.119. The Morgan fingerprint density at radius 1 is 1.19 bits per heavy atom. The first-order valence-electron chi connectivity index (χ1n) is 8.08. The quantitative estimate of drug-likeness (QED) is 0.713. The Kier molecular flexibility index (Phi) is 5.22. The van der Waals surface area contributed by atoms with Gasteiger partial charge in [0.1, 0.15) is 12.4 Å². The van der Waals surface area contributed by atoms with Crippen LogP contribution in [0, 0.1) is 5.82 Å². The molecule has 3 aromatic rings. The van der Waals surface area contributed by atoms with Gasteiger partial charge in [-0.2, -0.15) is 0 Å². The van der Waals surface area contributed by atoms with E-state index in [0.717, 1.165) is 16.2 Å². The molecular formula is C19H16Cl2FN3O2. The van der Waals surface area contributed by atoms with Crippen LogP contribution in [0.3, 0.4) is 0 Å². The molecule has 0 saturated heterocycles. The monoisotopic (exact) mass is 407 g/mol. The fraction of sp³-hybridized carbons (Fsp3) is 0.211. The summed E-state index contributed by atoms with van der Waals surface area (Å²) in [7, 11) is 0. The van der Waals surface area contributed by atoms with E-state index < -0.39 is 22.8 Å². The smallest absolute Gasteiger partial charge is 0.261 e. The molecule has 2 aromatic carbocycles. The molecule has 3 rings (SSSR count). The van der Waals surface area contributed by atoms with E-state index in [4.69, 9.17) is 23.2 Å². The van der Waals surface area contributed by atoms with Crippen LogP contribution < -0.4 is 10.9 Å². The SMILES string of the molecule is CC(C)(NC(=O)Cn1cnc2ccc(F)cc2c1=O)c1ccc(Cl)c(Cl)c1. The summed E-state index contributed by atoms with van der Waals surface area (Å²) in [6.07, 6.45) is 1.27. The largest absolute Gasteiger partial charge is 0.346 e. The molecule has 1 amide bonds. The summed E-state index contributed by atoms with van der Waals surface area (Å²) in [6.45, 7) is 3.37. The molecular weight excluding hydrogens is 392 g/mol. The third-order valence-electron chi connectivity index (χ3n) is 4.19. The van der Waals surface area contributed by atoms with E-state index in [1.807, 2.05) is 0 Å². The van der Waals surface area contributed by atoms with E-state index in [1.165, 1.54) is 18.5 Å². The predicted octanol–water partition coefficient (Wildman–Crippen LogP) is 3.89. The first kappa shape index (κ1) is 19.3. The van der Waals surface area contributed by atoms with Crippen molar-refractivity contribution in [2.45, 2.75) is 25.9 Å². The number of carbonyl (C=O) groups excluding carboxylic acids is 1. The van der Waals surface area contributed by atoms with Gasteiger partial charge in [-0.05, 0) is 49.7 Å². The zero-order chi connectivity index (χ0) is 19.8. The number of benzene rings is 2. The van der Waals surface area contributed by atoms with Crippen molar-refractivity contribution in [3.05, 3.63) is 74.5 Å². The summed E-state index contributed by atoms with van der Waals surface area (Å²) in [5.41, 5.74) is -0.0989. The van der Waals surface area contributed by atoms with Gasteiger partial charge in [-0.3, -0.25) is 14.2 Å². The van der Waals surface area contributed by atoms with Crippen LogP contribution >= 0.6 is 23.2 Å². The van der Waals surface area contributed by atoms with Gasteiger partial charge in [0.25, 0.3) is 5.56 Å². The van der Waals surface area contributed by atoms with Crippen LogP contribution in [0.2, 0.25) is 10.0 Å². The Morgan fingerprint density at radius 2 is 1.93 bits per heavy atom. The van der Waals surface area contributed by atoms with Crippen LogP contribution in [0.4, 0.5) is 4.39 Å². The van der Waals surface area contributed by atoms with Gasteiger partial charge in [-0.15, -0.1) is 0 Å². The zero-order valence-corrected chi connectivity index (χ0v) is 16.1. The van der Waals surface area contributed by atoms with Crippen molar-refractivity contribution in [2.24, 2.45) is 0 Å². The number of carbonyl (C=O) groups is 1. The molecule has 5 nitrogen and oxygen atoms in total. The summed E-state index contributed by atoms with van der Waals surface area (Å²) in [6, 6.07) is 8.85. The van der Waals surface area contributed by atoms with Gasteiger partial charge in [0.2, 0.25) is 5.91 Å². The maximum Gasteiger partial charge on any atom is 0.261 e.